The minimum atomic E-state index is -0.597. The molecule has 1 aromatic heterocycles. The zero-order chi connectivity index (χ0) is 24.5. The first kappa shape index (κ1) is 24.4. The third-order valence-corrected chi connectivity index (χ3v) is 5.47. The van der Waals surface area contributed by atoms with Crippen molar-refractivity contribution in [3.63, 3.8) is 0 Å². The first-order chi connectivity index (χ1) is 17.1. The Morgan fingerprint density at radius 1 is 1.11 bits per heavy atom. The second-order valence-corrected chi connectivity index (χ2v) is 8.12. The standard InChI is InChI=1S/C25H29FN6O3/c1-34-12-13-35-21-9-7-18(8-10-21)31-25-28-16-22(26)23(32-25)29-19-5-2-6-20(14-19)30-24(33)17-4-3-11-27-15-17/h2,5-10,14,16-17,27H,3-4,11-13,15H2,1H3,(H,30,33)(H2,28,29,31,32). The molecule has 1 amide bonds. The maximum Gasteiger partial charge on any atom is 0.229 e. The van der Waals surface area contributed by atoms with Crippen LogP contribution < -0.4 is 26.0 Å². The van der Waals surface area contributed by atoms with Crippen LogP contribution in [-0.4, -0.2) is 49.3 Å². The van der Waals surface area contributed by atoms with E-state index in [4.69, 9.17) is 9.47 Å². The van der Waals surface area contributed by atoms with Crippen molar-refractivity contribution in [1.29, 1.82) is 0 Å². The van der Waals surface area contributed by atoms with E-state index in [2.05, 4.69) is 31.2 Å². The molecule has 4 rings (SSSR count). The van der Waals surface area contributed by atoms with Gasteiger partial charge in [-0.15, -0.1) is 0 Å². The number of carbonyl (C=O) groups excluding carboxylic acids is 1. The third kappa shape index (κ3) is 7.11. The SMILES string of the molecule is COCCOc1ccc(Nc2ncc(F)c(Nc3cccc(NC(=O)C4CCCNC4)c3)n2)cc1. The van der Waals surface area contributed by atoms with Crippen molar-refractivity contribution < 1.29 is 18.7 Å². The molecular weight excluding hydrogens is 451 g/mol. The molecule has 1 aliphatic heterocycles. The Bertz CT molecular complexity index is 1120. The van der Waals surface area contributed by atoms with E-state index in [1.54, 1.807) is 31.4 Å². The second-order valence-electron chi connectivity index (χ2n) is 8.12. The number of amides is 1. The number of carbonyl (C=O) groups is 1. The van der Waals surface area contributed by atoms with Crippen molar-refractivity contribution in [3.05, 3.63) is 60.5 Å². The number of ether oxygens (including phenoxy) is 2. The number of hydrogen-bond acceptors (Lipinski definition) is 8. The van der Waals surface area contributed by atoms with Gasteiger partial charge in [-0.1, -0.05) is 6.07 Å². The highest BCUT2D eigenvalue weighted by Gasteiger charge is 2.21. The number of methoxy groups -OCH3 is 1. The van der Waals surface area contributed by atoms with Gasteiger partial charge in [-0.3, -0.25) is 4.79 Å². The van der Waals surface area contributed by atoms with Crippen LogP contribution in [0, 0.1) is 11.7 Å². The third-order valence-electron chi connectivity index (χ3n) is 5.47. The van der Waals surface area contributed by atoms with E-state index in [1.165, 1.54) is 0 Å². The van der Waals surface area contributed by atoms with Gasteiger partial charge in [0.1, 0.15) is 12.4 Å². The zero-order valence-electron chi connectivity index (χ0n) is 19.5. The summed E-state index contributed by atoms with van der Waals surface area (Å²) in [4.78, 5) is 20.8. The molecule has 1 unspecified atom stereocenters. The fraction of sp³-hybridized carbons (Fsp3) is 0.320. The lowest BCUT2D eigenvalue weighted by Crippen LogP contribution is -2.37. The van der Waals surface area contributed by atoms with Crippen molar-refractivity contribution in [2.45, 2.75) is 12.8 Å². The Hall–Kier alpha value is -3.76. The predicted octanol–water partition coefficient (Wildman–Crippen LogP) is 4.07. The van der Waals surface area contributed by atoms with Crippen molar-refractivity contribution in [2.75, 3.05) is 49.4 Å². The molecule has 1 atom stereocenters. The van der Waals surface area contributed by atoms with Gasteiger partial charge in [-0.25, -0.2) is 9.37 Å². The molecule has 0 spiro atoms. The summed E-state index contributed by atoms with van der Waals surface area (Å²) < 4.78 is 24.9. The fourth-order valence-corrected chi connectivity index (χ4v) is 3.65. The van der Waals surface area contributed by atoms with Crippen molar-refractivity contribution in [3.8, 4) is 5.75 Å². The molecule has 1 saturated heterocycles. The first-order valence-electron chi connectivity index (χ1n) is 11.5. The number of halogens is 1. The van der Waals surface area contributed by atoms with Gasteiger partial charge in [-0.2, -0.15) is 4.98 Å². The fourth-order valence-electron chi connectivity index (χ4n) is 3.65. The first-order valence-corrected chi connectivity index (χ1v) is 11.5. The molecular formula is C25H29FN6O3. The van der Waals surface area contributed by atoms with E-state index >= 15 is 0 Å². The van der Waals surface area contributed by atoms with Crippen molar-refractivity contribution in [1.82, 2.24) is 15.3 Å². The number of benzene rings is 2. The second kappa shape index (κ2) is 12.1. The minimum Gasteiger partial charge on any atom is -0.491 e. The highest BCUT2D eigenvalue weighted by molar-refractivity contribution is 5.93. The topological polar surface area (TPSA) is 109 Å². The number of nitrogens with zero attached hydrogens (tertiary/aromatic N) is 2. The summed E-state index contributed by atoms with van der Waals surface area (Å²) in [6.07, 6.45) is 2.94. The van der Waals surface area contributed by atoms with Gasteiger partial charge in [0.05, 0.1) is 18.7 Å². The summed E-state index contributed by atoms with van der Waals surface area (Å²) in [5.74, 6) is 0.281. The van der Waals surface area contributed by atoms with E-state index in [1.807, 2.05) is 24.3 Å². The average molecular weight is 481 g/mol. The Morgan fingerprint density at radius 3 is 2.71 bits per heavy atom. The smallest absolute Gasteiger partial charge is 0.229 e. The molecule has 9 nitrogen and oxygen atoms in total. The van der Waals surface area contributed by atoms with E-state index in [0.717, 1.165) is 31.3 Å². The van der Waals surface area contributed by atoms with Crippen LogP contribution in [0.4, 0.5) is 33.2 Å². The molecule has 0 aliphatic carbocycles. The molecule has 2 heterocycles. The van der Waals surface area contributed by atoms with Gasteiger partial charge in [0.25, 0.3) is 0 Å². The molecule has 184 valence electrons. The summed E-state index contributed by atoms with van der Waals surface area (Å²) in [5.41, 5.74) is 1.94. The van der Waals surface area contributed by atoms with Crippen LogP contribution in [0.15, 0.2) is 54.7 Å². The van der Waals surface area contributed by atoms with Gasteiger partial charge in [-0.05, 0) is 61.9 Å². The summed E-state index contributed by atoms with van der Waals surface area (Å²) in [6, 6.07) is 14.3. The normalized spacial score (nSPS) is 15.3. The number of nitrogens with one attached hydrogen (secondary N) is 4. The minimum absolute atomic E-state index is 0.0157. The molecule has 1 fully saturated rings. The molecule has 0 saturated carbocycles. The highest BCUT2D eigenvalue weighted by Crippen LogP contribution is 2.24. The van der Waals surface area contributed by atoms with Gasteiger partial charge >= 0.3 is 0 Å². The van der Waals surface area contributed by atoms with Crippen LogP contribution in [0.5, 0.6) is 5.75 Å². The maximum absolute atomic E-state index is 14.4. The molecule has 1 aliphatic rings. The van der Waals surface area contributed by atoms with Gasteiger partial charge in [0.15, 0.2) is 11.6 Å². The number of aromatic nitrogens is 2. The van der Waals surface area contributed by atoms with E-state index in [9.17, 15) is 9.18 Å². The number of anilines is 5. The van der Waals surface area contributed by atoms with E-state index < -0.39 is 5.82 Å². The lowest BCUT2D eigenvalue weighted by Gasteiger charge is -2.22. The molecule has 2 aromatic carbocycles. The Kier molecular flexibility index (Phi) is 8.42. The van der Waals surface area contributed by atoms with Crippen LogP contribution in [0.25, 0.3) is 0 Å². The van der Waals surface area contributed by atoms with Crippen LogP contribution >= 0.6 is 0 Å². The lowest BCUT2D eigenvalue weighted by atomic mass is 9.99. The molecule has 10 heteroatoms. The highest BCUT2D eigenvalue weighted by atomic mass is 19.1. The summed E-state index contributed by atoms with van der Waals surface area (Å²) >= 11 is 0. The maximum atomic E-state index is 14.4. The number of piperidine rings is 1. The Balaban J connectivity index is 1.39. The van der Waals surface area contributed by atoms with E-state index in [-0.39, 0.29) is 23.6 Å². The lowest BCUT2D eigenvalue weighted by molar-refractivity contribution is -0.120. The van der Waals surface area contributed by atoms with E-state index in [0.29, 0.717) is 36.9 Å². The molecule has 0 bridgehead atoms. The van der Waals surface area contributed by atoms with Crippen molar-refractivity contribution in [2.24, 2.45) is 5.92 Å². The molecule has 35 heavy (non-hydrogen) atoms. The quantitative estimate of drug-likeness (QED) is 0.322. The molecule has 0 radical (unpaired) electrons. The van der Waals surface area contributed by atoms with Gasteiger partial charge in [0.2, 0.25) is 11.9 Å². The average Bonchev–Trinajstić information content (AvgIpc) is 2.88. The van der Waals surface area contributed by atoms with Gasteiger partial charge < -0.3 is 30.7 Å². The Morgan fingerprint density at radius 2 is 1.94 bits per heavy atom. The predicted molar refractivity (Wildman–Crippen MR) is 133 cm³/mol. The molecule has 4 N–H and O–H groups in total. The van der Waals surface area contributed by atoms with Crippen LogP contribution in [0.1, 0.15) is 12.8 Å². The number of rotatable bonds is 10. The van der Waals surface area contributed by atoms with Crippen LogP contribution in [0.3, 0.4) is 0 Å². The number of hydrogen-bond donors (Lipinski definition) is 4. The van der Waals surface area contributed by atoms with Crippen molar-refractivity contribution >= 4 is 34.7 Å². The summed E-state index contributed by atoms with van der Waals surface area (Å²) in [6.45, 7) is 2.59. The zero-order valence-corrected chi connectivity index (χ0v) is 19.5. The largest absolute Gasteiger partial charge is 0.491 e. The summed E-state index contributed by atoms with van der Waals surface area (Å²) in [7, 11) is 1.62. The van der Waals surface area contributed by atoms with Crippen LogP contribution in [0.2, 0.25) is 0 Å². The van der Waals surface area contributed by atoms with Crippen LogP contribution in [-0.2, 0) is 9.53 Å². The monoisotopic (exact) mass is 480 g/mol. The summed E-state index contributed by atoms with van der Waals surface area (Å²) in [5, 5.41) is 12.2. The van der Waals surface area contributed by atoms with Gasteiger partial charge in [0, 0.05) is 30.7 Å². The molecule has 3 aromatic rings. The Labute approximate surface area is 203 Å².